The molecule has 0 heterocycles. The van der Waals surface area contributed by atoms with Gasteiger partial charge in [-0.2, -0.15) is 0 Å². The van der Waals surface area contributed by atoms with Gasteiger partial charge in [0, 0.05) is 13.2 Å². The fourth-order valence-corrected chi connectivity index (χ4v) is 1.24. The molecule has 1 unspecified atom stereocenters. The molecule has 4 N–H and O–H groups in total. The Labute approximate surface area is 117 Å². The van der Waals surface area contributed by atoms with Crippen LogP contribution >= 0.6 is 0 Å². The normalized spacial score (nSPS) is 11.9. The molecule has 116 valence electrons. The lowest BCUT2D eigenvalue weighted by Crippen LogP contribution is -2.47. The fraction of sp³-hybridized carbons (Fsp3) is 0.750. The lowest BCUT2D eigenvalue weighted by Gasteiger charge is -2.13. The number of carboxylic acid groups (broad SMARTS) is 2. The van der Waals surface area contributed by atoms with Crippen molar-refractivity contribution in [1.29, 1.82) is 0 Å². The quantitative estimate of drug-likeness (QED) is 0.428. The summed E-state index contributed by atoms with van der Waals surface area (Å²) in [6.07, 6.45) is 0.250. The first kappa shape index (κ1) is 18.2. The molecule has 0 aliphatic heterocycles. The number of hydrogen-bond acceptors (Lipinski definition) is 4. The standard InChI is InChI=1S/C12H22N2O6/c1-8(2)3-5-20-6-4-13-12(19)14-9(11(17)18)7-10(15)16/h8-9H,3-7H2,1-2H3,(H,15,16)(H,17,18)(H2,13,14,19). The van der Waals surface area contributed by atoms with Gasteiger partial charge >= 0.3 is 18.0 Å². The number of amides is 2. The van der Waals surface area contributed by atoms with E-state index in [0.29, 0.717) is 19.1 Å². The third-order valence-electron chi connectivity index (χ3n) is 2.35. The van der Waals surface area contributed by atoms with E-state index in [4.69, 9.17) is 14.9 Å². The van der Waals surface area contributed by atoms with Gasteiger partial charge in [-0.15, -0.1) is 0 Å². The minimum absolute atomic E-state index is 0.226. The van der Waals surface area contributed by atoms with Gasteiger partial charge in [-0.05, 0) is 12.3 Å². The third-order valence-corrected chi connectivity index (χ3v) is 2.35. The zero-order valence-corrected chi connectivity index (χ0v) is 11.7. The minimum Gasteiger partial charge on any atom is -0.481 e. The Kier molecular flexibility index (Phi) is 9.10. The van der Waals surface area contributed by atoms with E-state index in [2.05, 4.69) is 24.5 Å². The van der Waals surface area contributed by atoms with E-state index in [1.54, 1.807) is 0 Å². The molecule has 0 saturated carbocycles. The molecule has 0 aliphatic carbocycles. The Morgan fingerprint density at radius 2 is 1.80 bits per heavy atom. The predicted molar refractivity (Wildman–Crippen MR) is 70.5 cm³/mol. The molecule has 0 rings (SSSR count). The first-order valence-corrected chi connectivity index (χ1v) is 6.39. The zero-order valence-electron chi connectivity index (χ0n) is 11.7. The van der Waals surface area contributed by atoms with E-state index in [1.807, 2.05) is 0 Å². The number of rotatable bonds is 10. The summed E-state index contributed by atoms with van der Waals surface area (Å²) in [5.74, 6) is -2.15. The second kappa shape index (κ2) is 10.0. The SMILES string of the molecule is CC(C)CCOCCNC(=O)NC(CC(=O)O)C(=O)O. The average molecular weight is 290 g/mol. The van der Waals surface area contributed by atoms with Gasteiger partial charge in [-0.1, -0.05) is 13.8 Å². The average Bonchev–Trinajstić information content (AvgIpc) is 2.31. The van der Waals surface area contributed by atoms with Gasteiger partial charge < -0.3 is 25.6 Å². The van der Waals surface area contributed by atoms with Gasteiger partial charge in [0.15, 0.2) is 0 Å². The summed E-state index contributed by atoms with van der Waals surface area (Å²) in [6.45, 7) is 5.28. The van der Waals surface area contributed by atoms with E-state index >= 15 is 0 Å². The number of carboxylic acids is 2. The van der Waals surface area contributed by atoms with Crippen LogP contribution in [0.1, 0.15) is 26.7 Å². The molecule has 8 nitrogen and oxygen atoms in total. The molecule has 0 spiro atoms. The van der Waals surface area contributed by atoms with Crippen LogP contribution in [0.2, 0.25) is 0 Å². The van der Waals surface area contributed by atoms with Gasteiger partial charge in [0.2, 0.25) is 0 Å². The van der Waals surface area contributed by atoms with Crippen molar-refractivity contribution in [2.24, 2.45) is 5.92 Å². The van der Waals surface area contributed by atoms with E-state index in [9.17, 15) is 14.4 Å². The molecule has 0 aromatic rings. The fourth-order valence-electron chi connectivity index (χ4n) is 1.24. The largest absolute Gasteiger partial charge is 0.481 e. The molecule has 0 bridgehead atoms. The Morgan fingerprint density at radius 3 is 2.30 bits per heavy atom. The zero-order chi connectivity index (χ0) is 15.5. The molecule has 20 heavy (non-hydrogen) atoms. The van der Waals surface area contributed by atoms with Crippen molar-refractivity contribution < 1.29 is 29.3 Å². The van der Waals surface area contributed by atoms with Crippen molar-refractivity contribution in [2.75, 3.05) is 19.8 Å². The van der Waals surface area contributed by atoms with Crippen LogP contribution in [-0.4, -0.2) is 54.0 Å². The van der Waals surface area contributed by atoms with Crippen molar-refractivity contribution in [2.45, 2.75) is 32.7 Å². The van der Waals surface area contributed by atoms with Crippen LogP contribution in [0.3, 0.4) is 0 Å². The number of urea groups is 1. The van der Waals surface area contributed by atoms with Crippen LogP contribution in [-0.2, 0) is 14.3 Å². The van der Waals surface area contributed by atoms with Crippen LogP contribution < -0.4 is 10.6 Å². The van der Waals surface area contributed by atoms with Crippen molar-refractivity contribution >= 4 is 18.0 Å². The second-order valence-electron chi connectivity index (χ2n) is 4.68. The van der Waals surface area contributed by atoms with Crippen LogP contribution in [0, 0.1) is 5.92 Å². The molecule has 0 radical (unpaired) electrons. The summed E-state index contributed by atoms with van der Waals surface area (Å²) >= 11 is 0. The van der Waals surface area contributed by atoms with E-state index in [-0.39, 0.29) is 6.54 Å². The van der Waals surface area contributed by atoms with Crippen LogP contribution in [0.5, 0.6) is 0 Å². The predicted octanol–water partition coefficient (Wildman–Crippen LogP) is 0.276. The molecular formula is C12H22N2O6. The summed E-state index contributed by atoms with van der Waals surface area (Å²) in [5, 5.41) is 21.7. The number of hydrogen-bond donors (Lipinski definition) is 4. The summed E-state index contributed by atoms with van der Waals surface area (Å²) in [6, 6.07) is -2.18. The topological polar surface area (TPSA) is 125 Å². The highest BCUT2D eigenvalue weighted by Crippen LogP contribution is 1.98. The number of carbonyl (C=O) groups excluding carboxylic acids is 1. The summed E-state index contributed by atoms with van der Waals surface area (Å²) in [4.78, 5) is 32.5. The molecule has 0 aromatic carbocycles. The van der Waals surface area contributed by atoms with Crippen LogP contribution in [0.15, 0.2) is 0 Å². The monoisotopic (exact) mass is 290 g/mol. The Balaban J connectivity index is 3.80. The summed E-state index contributed by atoms with van der Waals surface area (Å²) in [7, 11) is 0. The third kappa shape index (κ3) is 10.1. The summed E-state index contributed by atoms with van der Waals surface area (Å²) in [5.41, 5.74) is 0. The minimum atomic E-state index is -1.45. The lowest BCUT2D eigenvalue weighted by atomic mass is 10.1. The van der Waals surface area contributed by atoms with Gasteiger partial charge in [0.1, 0.15) is 6.04 Å². The maximum Gasteiger partial charge on any atom is 0.326 e. The van der Waals surface area contributed by atoms with Gasteiger partial charge in [0.05, 0.1) is 13.0 Å². The molecule has 0 fully saturated rings. The lowest BCUT2D eigenvalue weighted by molar-refractivity contribution is -0.145. The van der Waals surface area contributed by atoms with Crippen molar-refractivity contribution in [3.63, 3.8) is 0 Å². The van der Waals surface area contributed by atoms with Crippen LogP contribution in [0.25, 0.3) is 0 Å². The Hall–Kier alpha value is -1.83. The molecule has 0 aliphatic rings. The molecule has 0 aromatic heterocycles. The van der Waals surface area contributed by atoms with Gasteiger partial charge in [-0.3, -0.25) is 4.79 Å². The molecule has 2 amide bonds. The maximum atomic E-state index is 11.3. The van der Waals surface area contributed by atoms with Crippen molar-refractivity contribution in [3.8, 4) is 0 Å². The Morgan fingerprint density at radius 1 is 1.15 bits per heavy atom. The number of aliphatic carboxylic acids is 2. The van der Waals surface area contributed by atoms with E-state index in [1.165, 1.54) is 0 Å². The first-order chi connectivity index (χ1) is 9.32. The highest BCUT2D eigenvalue weighted by Gasteiger charge is 2.22. The van der Waals surface area contributed by atoms with E-state index < -0.39 is 30.4 Å². The molecular weight excluding hydrogens is 268 g/mol. The maximum absolute atomic E-state index is 11.3. The van der Waals surface area contributed by atoms with E-state index in [0.717, 1.165) is 6.42 Å². The molecule has 8 heteroatoms. The highest BCUT2D eigenvalue weighted by molar-refractivity contribution is 5.86. The van der Waals surface area contributed by atoms with Crippen molar-refractivity contribution in [3.05, 3.63) is 0 Å². The van der Waals surface area contributed by atoms with Crippen LogP contribution in [0.4, 0.5) is 4.79 Å². The number of nitrogens with one attached hydrogen (secondary N) is 2. The van der Waals surface area contributed by atoms with Gasteiger partial charge in [-0.25, -0.2) is 9.59 Å². The number of carbonyl (C=O) groups is 3. The number of ether oxygens (including phenoxy) is 1. The smallest absolute Gasteiger partial charge is 0.326 e. The highest BCUT2D eigenvalue weighted by atomic mass is 16.5. The second-order valence-corrected chi connectivity index (χ2v) is 4.68. The molecule has 1 atom stereocenters. The van der Waals surface area contributed by atoms with Gasteiger partial charge in [0.25, 0.3) is 0 Å². The molecule has 0 saturated heterocycles. The Bertz CT molecular complexity index is 332. The summed E-state index contributed by atoms with van der Waals surface area (Å²) < 4.78 is 5.26. The first-order valence-electron chi connectivity index (χ1n) is 6.39. The van der Waals surface area contributed by atoms with Crippen molar-refractivity contribution in [1.82, 2.24) is 10.6 Å².